The molecule has 1 aromatic carbocycles. The molecule has 2 aliphatic heterocycles. The first-order chi connectivity index (χ1) is 11.2. The predicted molar refractivity (Wildman–Crippen MR) is 89.4 cm³/mol. The Kier molecular flexibility index (Phi) is 5.65. The van der Waals surface area contributed by atoms with Gasteiger partial charge in [-0.05, 0) is 44.8 Å². The fraction of sp³-hybridized carbons (Fsp3) is 0.632. The van der Waals surface area contributed by atoms with Crippen LogP contribution in [0.15, 0.2) is 24.3 Å². The van der Waals surface area contributed by atoms with E-state index in [0.717, 1.165) is 57.4 Å². The number of hydrogen-bond acceptors (Lipinski definition) is 2. The van der Waals surface area contributed by atoms with Gasteiger partial charge in [-0.3, -0.25) is 9.69 Å². The van der Waals surface area contributed by atoms with Gasteiger partial charge in [-0.15, -0.1) is 0 Å². The van der Waals surface area contributed by atoms with Gasteiger partial charge in [-0.1, -0.05) is 31.0 Å². The summed E-state index contributed by atoms with van der Waals surface area (Å²) in [6.45, 7) is 4.30. The molecule has 2 aliphatic rings. The largest absolute Gasteiger partial charge is 0.342 e. The van der Waals surface area contributed by atoms with Crippen LogP contribution in [-0.4, -0.2) is 41.9 Å². The van der Waals surface area contributed by atoms with Gasteiger partial charge in [0.05, 0.1) is 0 Å². The van der Waals surface area contributed by atoms with E-state index in [1.165, 1.54) is 18.9 Å². The summed E-state index contributed by atoms with van der Waals surface area (Å²) in [5.74, 6) is 0.401. The van der Waals surface area contributed by atoms with E-state index in [0.29, 0.717) is 12.5 Å². The zero-order valence-electron chi connectivity index (χ0n) is 13.8. The van der Waals surface area contributed by atoms with Gasteiger partial charge < -0.3 is 4.90 Å². The number of halogens is 1. The number of piperidine rings is 1. The van der Waals surface area contributed by atoms with E-state index in [9.17, 15) is 9.18 Å². The minimum Gasteiger partial charge on any atom is -0.342 e. The molecule has 0 radical (unpaired) electrons. The van der Waals surface area contributed by atoms with Gasteiger partial charge >= 0.3 is 0 Å². The number of carbonyl (C=O) groups excluding carboxylic acids is 1. The second-order valence-electron chi connectivity index (χ2n) is 6.88. The Bertz CT molecular complexity index is 518. The van der Waals surface area contributed by atoms with Crippen molar-refractivity contribution in [1.82, 2.24) is 9.80 Å². The average Bonchev–Trinajstić information content (AvgIpc) is 2.86. The number of benzene rings is 1. The van der Waals surface area contributed by atoms with E-state index in [4.69, 9.17) is 0 Å². The van der Waals surface area contributed by atoms with Crippen LogP contribution in [0.5, 0.6) is 0 Å². The van der Waals surface area contributed by atoms with E-state index < -0.39 is 0 Å². The molecule has 126 valence electrons. The third-order valence-electron chi connectivity index (χ3n) is 5.21. The van der Waals surface area contributed by atoms with Gasteiger partial charge in [0.25, 0.3) is 0 Å². The Labute approximate surface area is 138 Å². The van der Waals surface area contributed by atoms with Crippen molar-refractivity contribution in [3.63, 3.8) is 0 Å². The molecule has 1 aromatic rings. The number of nitrogens with zero attached hydrogens (tertiary/aromatic N) is 2. The van der Waals surface area contributed by atoms with Crippen molar-refractivity contribution in [2.75, 3.05) is 26.2 Å². The van der Waals surface area contributed by atoms with E-state index in [-0.39, 0.29) is 11.7 Å². The maximum absolute atomic E-state index is 13.7. The lowest BCUT2D eigenvalue weighted by molar-refractivity contribution is -0.137. The molecule has 23 heavy (non-hydrogen) atoms. The Balaban J connectivity index is 1.50. The number of hydrogen-bond donors (Lipinski definition) is 0. The third-order valence-corrected chi connectivity index (χ3v) is 5.21. The van der Waals surface area contributed by atoms with Crippen molar-refractivity contribution < 1.29 is 9.18 Å². The van der Waals surface area contributed by atoms with Crippen molar-refractivity contribution in [2.24, 2.45) is 5.92 Å². The number of carbonyl (C=O) groups is 1. The molecule has 0 aliphatic carbocycles. The summed E-state index contributed by atoms with van der Waals surface area (Å²) < 4.78 is 13.7. The molecule has 0 unspecified atom stereocenters. The summed E-state index contributed by atoms with van der Waals surface area (Å²) in [4.78, 5) is 17.0. The minimum atomic E-state index is -0.129. The van der Waals surface area contributed by atoms with Gasteiger partial charge in [-0.2, -0.15) is 0 Å². The lowest BCUT2D eigenvalue weighted by atomic mass is 9.94. The second kappa shape index (κ2) is 7.91. The summed E-state index contributed by atoms with van der Waals surface area (Å²) in [6.07, 6.45) is 6.62. The smallest absolute Gasteiger partial charge is 0.225 e. The molecule has 0 aromatic heterocycles. The van der Waals surface area contributed by atoms with Crippen molar-refractivity contribution in [3.05, 3.63) is 35.6 Å². The predicted octanol–water partition coefficient (Wildman–Crippen LogP) is 3.44. The lowest BCUT2D eigenvalue weighted by Gasteiger charge is -2.34. The van der Waals surface area contributed by atoms with Crippen molar-refractivity contribution in [3.8, 4) is 0 Å². The molecule has 2 saturated heterocycles. The summed E-state index contributed by atoms with van der Waals surface area (Å²) in [5.41, 5.74) is 0.754. The first kappa shape index (κ1) is 16.4. The van der Waals surface area contributed by atoms with Crippen LogP contribution >= 0.6 is 0 Å². The fourth-order valence-corrected chi connectivity index (χ4v) is 3.75. The zero-order chi connectivity index (χ0) is 16.1. The molecular formula is C19H27FN2O. The highest BCUT2D eigenvalue weighted by Crippen LogP contribution is 2.23. The molecule has 4 heteroatoms. The SMILES string of the molecule is O=C(C1CCN(Cc2ccccc2F)CC1)N1CCCCCC1. The molecule has 2 fully saturated rings. The van der Waals surface area contributed by atoms with Crippen LogP contribution in [0.25, 0.3) is 0 Å². The molecule has 0 saturated carbocycles. The quantitative estimate of drug-likeness (QED) is 0.852. The van der Waals surface area contributed by atoms with Gasteiger partial charge in [0.2, 0.25) is 5.91 Å². The van der Waals surface area contributed by atoms with Crippen LogP contribution in [0.1, 0.15) is 44.1 Å². The lowest BCUT2D eigenvalue weighted by Crippen LogP contribution is -2.42. The van der Waals surface area contributed by atoms with E-state index in [2.05, 4.69) is 9.80 Å². The van der Waals surface area contributed by atoms with Gasteiger partial charge in [-0.25, -0.2) is 4.39 Å². The summed E-state index contributed by atoms with van der Waals surface area (Å²) >= 11 is 0. The minimum absolute atomic E-state index is 0.129. The van der Waals surface area contributed by atoms with E-state index in [1.54, 1.807) is 6.07 Å². The Morgan fingerprint density at radius 3 is 2.30 bits per heavy atom. The summed E-state index contributed by atoms with van der Waals surface area (Å²) in [7, 11) is 0. The highest BCUT2D eigenvalue weighted by molar-refractivity contribution is 5.79. The number of likely N-dealkylation sites (tertiary alicyclic amines) is 2. The Morgan fingerprint density at radius 2 is 1.65 bits per heavy atom. The molecule has 3 nitrogen and oxygen atoms in total. The van der Waals surface area contributed by atoms with Crippen molar-refractivity contribution in [1.29, 1.82) is 0 Å². The average molecular weight is 318 g/mol. The van der Waals surface area contributed by atoms with Crippen molar-refractivity contribution in [2.45, 2.75) is 45.1 Å². The highest BCUT2D eigenvalue weighted by atomic mass is 19.1. The Morgan fingerprint density at radius 1 is 1.00 bits per heavy atom. The van der Waals surface area contributed by atoms with Crippen molar-refractivity contribution >= 4 is 5.91 Å². The molecular weight excluding hydrogens is 291 g/mol. The topological polar surface area (TPSA) is 23.6 Å². The van der Waals surface area contributed by atoms with Crippen LogP contribution in [0.3, 0.4) is 0 Å². The number of rotatable bonds is 3. The summed E-state index contributed by atoms with van der Waals surface area (Å²) in [5, 5.41) is 0. The van der Waals surface area contributed by atoms with Gasteiger partial charge in [0, 0.05) is 31.1 Å². The van der Waals surface area contributed by atoms with E-state index in [1.807, 2.05) is 12.1 Å². The highest BCUT2D eigenvalue weighted by Gasteiger charge is 2.28. The standard InChI is InChI=1S/C19H27FN2O/c20-18-8-4-3-7-17(18)15-21-13-9-16(10-14-21)19(23)22-11-5-1-2-6-12-22/h3-4,7-8,16H,1-2,5-6,9-15H2. The van der Waals surface area contributed by atoms with Crippen LogP contribution in [-0.2, 0) is 11.3 Å². The molecule has 1 amide bonds. The zero-order valence-corrected chi connectivity index (χ0v) is 13.8. The first-order valence-electron chi connectivity index (χ1n) is 8.98. The maximum atomic E-state index is 13.7. The first-order valence-corrected chi connectivity index (χ1v) is 8.98. The van der Waals surface area contributed by atoms with Crippen LogP contribution in [0.2, 0.25) is 0 Å². The van der Waals surface area contributed by atoms with Gasteiger partial charge in [0.15, 0.2) is 0 Å². The van der Waals surface area contributed by atoms with Crippen LogP contribution in [0.4, 0.5) is 4.39 Å². The Hall–Kier alpha value is -1.42. The normalized spacial score (nSPS) is 21.2. The molecule has 0 spiro atoms. The monoisotopic (exact) mass is 318 g/mol. The second-order valence-corrected chi connectivity index (χ2v) is 6.88. The molecule has 0 atom stereocenters. The van der Waals surface area contributed by atoms with Gasteiger partial charge in [0.1, 0.15) is 5.82 Å². The summed E-state index contributed by atoms with van der Waals surface area (Å²) in [6, 6.07) is 6.98. The molecule has 2 heterocycles. The maximum Gasteiger partial charge on any atom is 0.225 e. The molecule has 0 bridgehead atoms. The molecule has 0 N–H and O–H groups in total. The van der Waals surface area contributed by atoms with Crippen LogP contribution in [0, 0.1) is 11.7 Å². The van der Waals surface area contributed by atoms with Crippen LogP contribution < -0.4 is 0 Å². The third kappa shape index (κ3) is 4.31. The molecule has 3 rings (SSSR count). The van der Waals surface area contributed by atoms with E-state index >= 15 is 0 Å². The number of amides is 1. The fourth-order valence-electron chi connectivity index (χ4n) is 3.75.